The minimum Gasteiger partial charge on any atom is -0.378 e. The molecule has 0 saturated heterocycles. The zero-order valence-electron chi connectivity index (χ0n) is 10.3. The van der Waals surface area contributed by atoms with E-state index in [4.69, 9.17) is 0 Å². The fourth-order valence-corrected chi connectivity index (χ4v) is 0.843. The molecule has 0 spiro atoms. The lowest BCUT2D eigenvalue weighted by Crippen LogP contribution is -2.07. The quantitative estimate of drug-likeness (QED) is 0.657. The molecule has 0 amide bonds. The summed E-state index contributed by atoms with van der Waals surface area (Å²) in [6, 6.07) is 8.48. The molecule has 0 aliphatic carbocycles. The highest BCUT2D eigenvalue weighted by Crippen LogP contribution is 2.10. The van der Waals surface area contributed by atoms with E-state index in [9.17, 15) is 0 Å². The van der Waals surface area contributed by atoms with Crippen molar-refractivity contribution in [2.24, 2.45) is 5.92 Å². The van der Waals surface area contributed by atoms with Gasteiger partial charge in [0, 0.05) is 19.8 Å². The van der Waals surface area contributed by atoms with Crippen molar-refractivity contribution < 1.29 is 0 Å². The maximum absolute atomic E-state index is 2.17. The predicted octanol–water partition coefficient (Wildman–Crippen LogP) is 3.72. The molecule has 1 aromatic rings. The second-order valence-electron chi connectivity index (χ2n) is 4.46. The molecule has 0 aromatic heterocycles. The molecule has 0 radical (unpaired) electrons. The summed E-state index contributed by atoms with van der Waals surface area (Å²) in [5.74, 6) is 0.833. The number of hydrogen-bond acceptors (Lipinski definition) is 1. The number of aryl methyl sites for hydroxylation is 1. The first-order valence-corrected chi connectivity index (χ1v) is 5.17. The van der Waals surface area contributed by atoms with Crippen LogP contribution in [0.3, 0.4) is 0 Å². The van der Waals surface area contributed by atoms with Crippen molar-refractivity contribution in [3.8, 4) is 0 Å². The van der Waals surface area contributed by atoms with Gasteiger partial charge >= 0.3 is 0 Å². The van der Waals surface area contributed by atoms with Gasteiger partial charge in [-0.3, -0.25) is 0 Å². The first kappa shape index (κ1) is 13.0. The van der Waals surface area contributed by atoms with Gasteiger partial charge in [0.25, 0.3) is 0 Å². The normalized spacial score (nSPS) is 9.36. The maximum atomic E-state index is 2.17. The molecule has 1 nitrogen and oxygen atoms in total. The van der Waals surface area contributed by atoms with Crippen LogP contribution in [0.25, 0.3) is 0 Å². The van der Waals surface area contributed by atoms with Crippen LogP contribution in [-0.2, 0) is 0 Å². The van der Waals surface area contributed by atoms with Gasteiger partial charge in [0.15, 0.2) is 0 Å². The minimum atomic E-state index is 0.833. The van der Waals surface area contributed by atoms with Crippen LogP contribution in [0.15, 0.2) is 24.3 Å². The van der Waals surface area contributed by atoms with Crippen molar-refractivity contribution in [1.29, 1.82) is 0 Å². The van der Waals surface area contributed by atoms with Crippen molar-refractivity contribution in [2.75, 3.05) is 19.0 Å². The highest BCUT2D eigenvalue weighted by Gasteiger charge is 1.90. The molecule has 80 valence electrons. The molecule has 0 bridgehead atoms. The zero-order chi connectivity index (χ0) is 11.1. The summed E-state index contributed by atoms with van der Waals surface area (Å²) in [6.45, 7) is 8.60. The van der Waals surface area contributed by atoms with Crippen LogP contribution in [0, 0.1) is 12.8 Å². The zero-order valence-corrected chi connectivity index (χ0v) is 10.3. The molecule has 0 atom stereocenters. The van der Waals surface area contributed by atoms with Crippen LogP contribution < -0.4 is 4.90 Å². The van der Waals surface area contributed by atoms with Gasteiger partial charge in [-0.05, 0) is 25.0 Å². The second-order valence-corrected chi connectivity index (χ2v) is 4.46. The molecule has 0 aliphatic heterocycles. The Morgan fingerprint density at radius 2 is 1.29 bits per heavy atom. The fourth-order valence-electron chi connectivity index (χ4n) is 0.843. The Labute approximate surface area is 88.8 Å². The molecular formula is C13H23N. The Balaban J connectivity index is 0.000000364. The lowest BCUT2D eigenvalue weighted by molar-refractivity contribution is 0.737. The van der Waals surface area contributed by atoms with Crippen LogP contribution in [0.5, 0.6) is 0 Å². The number of nitrogens with zero attached hydrogens (tertiary/aromatic N) is 1. The third-order valence-corrected chi connectivity index (χ3v) is 1.55. The van der Waals surface area contributed by atoms with Gasteiger partial charge in [0.2, 0.25) is 0 Å². The first-order valence-electron chi connectivity index (χ1n) is 5.17. The summed E-state index contributed by atoms with van der Waals surface area (Å²) in [5, 5.41) is 0. The molecular weight excluding hydrogens is 170 g/mol. The van der Waals surface area contributed by atoms with Crippen LogP contribution in [0.2, 0.25) is 0 Å². The molecule has 14 heavy (non-hydrogen) atoms. The van der Waals surface area contributed by atoms with Crippen molar-refractivity contribution in [2.45, 2.75) is 27.7 Å². The van der Waals surface area contributed by atoms with Crippen LogP contribution >= 0.6 is 0 Å². The van der Waals surface area contributed by atoms with Gasteiger partial charge in [-0.15, -0.1) is 0 Å². The van der Waals surface area contributed by atoms with E-state index in [1.54, 1.807) is 0 Å². The van der Waals surface area contributed by atoms with E-state index in [1.165, 1.54) is 11.3 Å². The summed E-state index contributed by atoms with van der Waals surface area (Å²) in [7, 11) is 4.09. The molecule has 0 fully saturated rings. The average molecular weight is 193 g/mol. The number of anilines is 1. The Morgan fingerprint density at radius 3 is 1.57 bits per heavy atom. The van der Waals surface area contributed by atoms with E-state index in [0.717, 1.165) is 5.92 Å². The van der Waals surface area contributed by atoms with Gasteiger partial charge in [0.05, 0.1) is 0 Å². The van der Waals surface area contributed by atoms with Crippen molar-refractivity contribution in [3.05, 3.63) is 29.8 Å². The third kappa shape index (κ3) is 6.53. The van der Waals surface area contributed by atoms with Crippen LogP contribution in [0.1, 0.15) is 26.3 Å². The monoisotopic (exact) mass is 193 g/mol. The highest BCUT2D eigenvalue weighted by atomic mass is 15.1. The van der Waals surface area contributed by atoms with Crippen molar-refractivity contribution in [3.63, 3.8) is 0 Å². The molecule has 1 heteroatoms. The average Bonchev–Trinajstić information content (AvgIpc) is 2.03. The van der Waals surface area contributed by atoms with E-state index in [0.29, 0.717) is 0 Å². The van der Waals surface area contributed by atoms with Gasteiger partial charge in [0.1, 0.15) is 0 Å². The second kappa shape index (κ2) is 6.47. The van der Waals surface area contributed by atoms with Gasteiger partial charge in [-0.25, -0.2) is 0 Å². The lowest BCUT2D eigenvalue weighted by Gasteiger charge is -2.11. The van der Waals surface area contributed by atoms with E-state index in [-0.39, 0.29) is 0 Å². The molecule has 1 aromatic carbocycles. The summed E-state index contributed by atoms with van der Waals surface area (Å²) < 4.78 is 0. The number of benzene rings is 1. The standard InChI is InChI=1S/C9H13N.C4H10/c1-8-4-6-9(7-5-8)10(2)3;1-4(2)3/h4-7H,1-3H3;4H,1-3H3. The molecule has 1 rings (SSSR count). The third-order valence-electron chi connectivity index (χ3n) is 1.55. The number of rotatable bonds is 1. The molecule has 0 heterocycles. The topological polar surface area (TPSA) is 3.24 Å². The van der Waals surface area contributed by atoms with E-state index in [2.05, 4.69) is 56.9 Å². The van der Waals surface area contributed by atoms with Gasteiger partial charge < -0.3 is 4.90 Å². The maximum Gasteiger partial charge on any atom is 0.0361 e. The Hall–Kier alpha value is -0.980. The highest BCUT2D eigenvalue weighted by molar-refractivity contribution is 5.45. The predicted molar refractivity (Wildman–Crippen MR) is 66.0 cm³/mol. The summed E-state index contributed by atoms with van der Waals surface area (Å²) >= 11 is 0. The molecule has 0 unspecified atom stereocenters. The summed E-state index contributed by atoms with van der Waals surface area (Å²) in [6.07, 6.45) is 0. The number of hydrogen-bond donors (Lipinski definition) is 0. The SMILES string of the molecule is CC(C)C.Cc1ccc(N(C)C)cc1. The lowest BCUT2D eigenvalue weighted by atomic mass is 10.2. The van der Waals surface area contributed by atoms with Gasteiger partial charge in [-0.2, -0.15) is 0 Å². The smallest absolute Gasteiger partial charge is 0.0361 e. The Kier molecular flexibility index (Phi) is 6.02. The largest absolute Gasteiger partial charge is 0.378 e. The Bertz CT molecular complexity index is 231. The summed E-state index contributed by atoms with van der Waals surface area (Å²) in [5.41, 5.74) is 2.57. The molecule has 0 aliphatic rings. The molecule has 0 saturated carbocycles. The van der Waals surface area contributed by atoms with Crippen molar-refractivity contribution >= 4 is 5.69 Å². The summed E-state index contributed by atoms with van der Waals surface area (Å²) in [4.78, 5) is 2.10. The first-order chi connectivity index (χ1) is 6.43. The Morgan fingerprint density at radius 1 is 0.929 bits per heavy atom. The minimum absolute atomic E-state index is 0.833. The van der Waals surface area contributed by atoms with E-state index >= 15 is 0 Å². The molecule has 0 N–H and O–H groups in total. The van der Waals surface area contributed by atoms with E-state index in [1.807, 2.05) is 14.1 Å². The van der Waals surface area contributed by atoms with Crippen LogP contribution in [0.4, 0.5) is 5.69 Å². The van der Waals surface area contributed by atoms with Gasteiger partial charge in [-0.1, -0.05) is 38.5 Å². The fraction of sp³-hybridized carbons (Fsp3) is 0.538. The van der Waals surface area contributed by atoms with E-state index < -0.39 is 0 Å². The van der Waals surface area contributed by atoms with Crippen molar-refractivity contribution in [1.82, 2.24) is 0 Å². The van der Waals surface area contributed by atoms with Crippen LogP contribution in [-0.4, -0.2) is 14.1 Å².